The topological polar surface area (TPSA) is 55.1 Å². The molecule has 0 aromatic heterocycles. The number of carbonyl (C=O) groups excluding carboxylic acids is 1. The molecule has 0 aliphatic carbocycles. The van der Waals surface area contributed by atoms with E-state index in [0.717, 1.165) is 0 Å². The first kappa shape index (κ1) is 14.5. The van der Waals surface area contributed by atoms with Crippen LogP contribution in [-0.4, -0.2) is 11.4 Å². The van der Waals surface area contributed by atoms with Crippen LogP contribution in [0.25, 0.3) is 0 Å². The van der Waals surface area contributed by atoms with Crippen molar-refractivity contribution < 1.29 is 18.0 Å². The number of carbonyl (C=O) groups is 1. The van der Waals surface area contributed by atoms with Crippen molar-refractivity contribution in [1.82, 2.24) is 0 Å². The molecule has 1 aromatic rings. The van der Waals surface area contributed by atoms with Gasteiger partial charge in [0.25, 0.3) is 0 Å². The zero-order valence-electron chi connectivity index (χ0n) is 10.2. The van der Waals surface area contributed by atoms with E-state index in [1.54, 1.807) is 13.8 Å². The lowest BCUT2D eigenvalue weighted by atomic mass is 10.00. The number of hydrogen-bond acceptors (Lipinski definition) is 2. The van der Waals surface area contributed by atoms with E-state index in [1.165, 1.54) is 0 Å². The summed E-state index contributed by atoms with van der Waals surface area (Å²) in [6.45, 7) is 3.50. The minimum atomic E-state index is -1.30. The van der Waals surface area contributed by atoms with Gasteiger partial charge in [0.2, 0.25) is 5.91 Å². The molecule has 0 spiro atoms. The highest BCUT2D eigenvalue weighted by Gasteiger charge is 2.15. The molecule has 3 N–H and O–H groups in total. The van der Waals surface area contributed by atoms with Gasteiger partial charge >= 0.3 is 0 Å². The molecule has 0 radical (unpaired) electrons. The van der Waals surface area contributed by atoms with E-state index in [4.69, 9.17) is 5.73 Å². The van der Waals surface area contributed by atoms with E-state index in [9.17, 15) is 18.0 Å². The van der Waals surface area contributed by atoms with Gasteiger partial charge < -0.3 is 11.1 Å². The Kier molecular flexibility index (Phi) is 4.34. The molecule has 18 heavy (non-hydrogen) atoms. The van der Waals surface area contributed by atoms with Crippen molar-refractivity contribution in [3.63, 3.8) is 0 Å². The first-order valence-electron chi connectivity index (χ1n) is 5.42. The van der Waals surface area contributed by atoms with Gasteiger partial charge in [0.15, 0.2) is 11.6 Å². The van der Waals surface area contributed by atoms with Crippen LogP contribution in [-0.2, 0) is 4.79 Å². The van der Waals surface area contributed by atoms with Crippen LogP contribution in [0.2, 0.25) is 0 Å². The van der Waals surface area contributed by atoms with Gasteiger partial charge in [0.1, 0.15) is 5.82 Å². The second-order valence-corrected chi connectivity index (χ2v) is 4.78. The molecule has 1 aromatic carbocycles. The third-order valence-electron chi connectivity index (χ3n) is 2.28. The normalized spacial score (nSPS) is 11.4. The molecule has 0 saturated carbocycles. The summed E-state index contributed by atoms with van der Waals surface area (Å²) < 4.78 is 38.7. The fourth-order valence-corrected chi connectivity index (χ4v) is 1.27. The molecular weight excluding hydrogens is 245 g/mol. The molecule has 100 valence electrons. The highest BCUT2D eigenvalue weighted by atomic mass is 19.2. The lowest BCUT2D eigenvalue weighted by Gasteiger charge is -2.17. The van der Waals surface area contributed by atoms with Crippen molar-refractivity contribution in [2.45, 2.75) is 32.2 Å². The van der Waals surface area contributed by atoms with Crippen molar-refractivity contribution in [3.8, 4) is 0 Å². The van der Waals surface area contributed by atoms with Gasteiger partial charge in [-0.1, -0.05) is 0 Å². The van der Waals surface area contributed by atoms with Crippen molar-refractivity contribution >= 4 is 11.6 Å². The van der Waals surface area contributed by atoms with Crippen LogP contribution in [0.1, 0.15) is 26.7 Å². The number of nitrogens with one attached hydrogen (secondary N) is 1. The van der Waals surface area contributed by atoms with Gasteiger partial charge in [0, 0.05) is 24.1 Å². The molecule has 0 unspecified atom stereocenters. The summed E-state index contributed by atoms with van der Waals surface area (Å²) in [4.78, 5) is 11.5. The Bertz CT molecular complexity index is 455. The van der Waals surface area contributed by atoms with Gasteiger partial charge in [-0.3, -0.25) is 4.79 Å². The average molecular weight is 260 g/mol. The van der Waals surface area contributed by atoms with Crippen LogP contribution in [0.5, 0.6) is 0 Å². The monoisotopic (exact) mass is 260 g/mol. The van der Waals surface area contributed by atoms with Crippen LogP contribution < -0.4 is 11.1 Å². The zero-order chi connectivity index (χ0) is 13.9. The first-order valence-corrected chi connectivity index (χ1v) is 5.42. The summed E-state index contributed by atoms with van der Waals surface area (Å²) >= 11 is 0. The average Bonchev–Trinajstić information content (AvgIpc) is 2.22. The maximum absolute atomic E-state index is 13.2. The van der Waals surface area contributed by atoms with Crippen LogP contribution in [0.3, 0.4) is 0 Å². The van der Waals surface area contributed by atoms with Crippen molar-refractivity contribution in [1.29, 1.82) is 0 Å². The molecule has 0 aliphatic heterocycles. The van der Waals surface area contributed by atoms with Gasteiger partial charge in [0.05, 0.1) is 5.69 Å². The summed E-state index contributed by atoms with van der Waals surface area (Å²) in [5.74, 6) is -4.04. The number of hydrogen-bond donors (Lipinski definition) is 2. The molecule has 6 heteroatoms. The predicted octanol–water partition coefficient (Wildman–Crippen LogP) is 2.56. The summed E-state index contributed by atoms with van der Waals surface area (Å²) in [7, 11) is 0. The number of nitrogens with two attached hydrogens (primary N) is 1. The highest BCUT2D eigenvalue weighted by Crippen LogP contribution is 2.19. The Morgan fingerprint density at radius 1 is 1.22 bits per heavy atom. The predicted molar refractivity (Wildman–Crippen MR) is 62.4 cm³/mol. The summed E-state index contributed by atoms with van der Waals surface area (Å²) in [5.41, 5.74) is 4.78. The molecular formula is C12H15F3N2O. The lowest BCUT2D eigenvalue weighted by Crippen LogP contribution is -2.33. The van der Waals surface area contributed by atoms with Gasteiger partial charge in [-0.25, -0.2) is 13.2 Å². The Labute approximate surface area is 103 Å². The molecule has 0 atom stereocenters. The van der Waals surface area contributed by atoms with Crippen molar-refractivity contribution in [2.24, 2.45) is 5.73 Å². The van der Waals surface area contributed by atoms with Gasteiger partial charge in [-0.05, 0) is 20.3 Å². The highest BCUT2D eigenvalue weighted by molar-refractivity contribution is 5.90. The van der Waals surface area contributed by atoms with E-state index in [1.807, 2.05) is 0 Å². The summed E-state index contributed by atoms with van der Waals surface area (Å²) in [5, 5.41) is 2.17. The van der Waals surface area contributed by atoms with Crippen LogP contribution in [0.4, 0.5) is 18.9 Å². The second kappa shape index (κ2) is 5.39. The summed E-state index contributed by atoms with van der Waals surface area (Å²) in [6.07, 6.45) is 0.464. The van der Waals surface area contributed by atoms with Gasteiger partial charge in [-0.2, -0.15) is 0 Å². The van der Waals surface area contributed by atoms with E-state index < -0.39 is 28.9 Å². The maximum Gasteiger partial charge on any atom is 0.224 e. The van der Waals surface area contributed by atoms with E-state index >= 15 is 0 Å². The number of halogens is 3. The largest absolute Gasteiger partial charge is 0.326 e. The molecule has 0 heterocycles. The second-order valence-electron chi connectivity index (χ2n) is 4.78. The number of amides is 1. The molecule has 1 amide bonds. The van der Waals surface area contributed by atoms with E-state index in [2.05, 4.69) is 5.32 Å². The van der Waals surface area contributed by atoms with Crippen molar-refractivity contribution in [3.05, 3.63) is 29.6 Å². The molecule has 0 fully saturated rings. The minimum Gasteiger partial charge on any atom is -0.326 e. The molecule has 3 nitrogen and oxygen atoms in total. The fourth-order valence-electron chi connectivity index (χ4n) is 1.27. The fraction of sp³-hybridized carbons (Fsp3) is 0.417. The maximum atomic E-state index is 13.2. The Hall–Kier alpha value is -1.56. The third-order valence-corrected chi connectivity index (χ3v) is 2.28. The van der Waals surface area contributed by atoms with Crippen LogP contribution in [0.15, 0.2) is 12.1 Å². The van der Waals surface area contributed by atoms with Crippen molar-refractivity contribution in [2.75, 3.05) is 5.32 Å². The van der Waals surface area contributed by atoms with Gasteiger partial charge in [-0.15, -0.1) is 0 Å². The number of benzene rings is 1. The standard InChI is InChI=1S/C12H15F3N2O/c1-12(2,16)4-3-11(18)17-10-6-8(14)7(13)5-9(10)15/h5-6H,3-4,16H2,1-2H3,(H,17,18). The lowest BCUT2D eigenvalue weighted by molar-refractivity contribution is -0.116. The first-order chi connectivity index (χ1) is 8.19. The third kappa shape index (κ3) is 4.37. The Morgan fingerprint density at radius 2 is 1.78 bits per heavy atom. The number of anilines is 1. The Morgan fingerprint density at radius 3 is 2.33 bits per heavy atom. The SMILES string of the molecule is CC(C)(N)CCC(=O)Nc1cc(F)c(F)cc1F. The minimum absolute atomic E-state index is 0.0714. The van der Waals surface area contributed by atoms with E-state index in [0.29, 0.717) is 18.6 Å². The quantitative estimate of drug-likeness (QED) is 0.817. The van der Waals surface area contributed by atoms with E-state index in [-0.39, 0.29) is 12.1 Å². The molecule has 0 aliphatic rings. The number of rotatable bonds is 4. The molecule has 0 saturated heterocycles. The Balaban J connectivity index is 2.68. The van der Waals surface area contributed by atoms with Crippen LogP contribution in [0, 0.1) is 17.5 Å². The smallest absolute Gasteiger partial charge is 0.224 e. The molecule has 0 bridgehead atoms. The summed E-state index contributed by atoms with van der Waals surface area (Å²) in [6, 6.07) is 0.994. The molecule has 1 rings (SSSR count). The van der Waals surface area contributed by atoms with Crippen LogP contribution >= 0.6 is 0 Å². The zero-order valence-corrected chi connectivity index (χ0v) is 10.2.